The Labute approximate surface area is 202 Å². The molecule has 3 rings (SSSR count). The molecule has 188 valence electrons. The van der Waals surface area contributed by atoms with Crippen LogP contribution in [0.3, 0.4) is 0 Å². The van der Waals surface area contributed by atoms with Gasteiger partial charge in [0.15, 0.2) is 29.9 Å². The number of hydrogen-bond acceptors (Lipinski definition) is 9. The molecule has 11 heteroatoms. The zero-order valence-corrected chi connectivity index (χ0v) is 19.8. The largest absolute Gasteiger partial charge is 0.495 e. The second-order valence-electron chi connectivity index (χ2n) is 7.41. The van der Waals surface area contributed by atoms with Crippen molar-refractivity contribution < 1.29 is 38.3 Å². The Morgan fingerprint density at radius 3 is 2.40 bits per heavy atom. The molecule has 4 N–H and O–H groups in total. The van der Waals surface area contributed by atoms with E-state index in [4.69, 9.17) is 18.9 Å². The van der Waals surface area contributed by atoms with Crippen molar-refractivity contribution in [2.45, 2.75) is 12.6 Å². The van der Waals surface area contributed by atoms with Gasteiger partial charge < -0.3 is 39.4 Å². The molecule has 1 aliphatic rings. The third kappa shape index (κ3) is 5.32. The summed E-state index contributed by atoms with van der Waals surface area (Å²) in [6.45, 7) is 3.47. The van der Waals surface area contributed by atoms with Gasteiger partial charge in [-0.3, -0.25) is 4.79 Å². The lowest BCUT2D eigenvalue weighted by atomic mass is 9.96. The van der Waals surface area contributed by atoms with Gasteiger partial charge in [-0.2, -0.15) is 0 Å². The van der Waals surface area contributed by atoms with E-state index in [1.807, 2.05) is 0 Å². The average Bonchev–Trinajstić information content (AvgIpc) is 2.85. The van der Waals surface area contributed by atoms with E-state index >= 15 is 0 Å². The summed E-state index contributed by atoms with van der Waals surface area (Å²) in [6.07, 6.45) is -0.585. The number of benzene rings is 2. The fourth-order valence-corrected chi connectivity index (χ4v) is 3.70. The monoisotopic (exact) mass is 489 g/mol. The predicted octanol–water partition coefficient (Wildman–Crippen LogP) is 2.28. The normalized spacial score (nSPS) is 17.3. The first kappa shape index (κ1) is 25.8. The lowest BCUT2D eigenvalue weighted by Crippen LogP contribution is -2.53. The molecule has 2 unspecified atom stereocenters. The highest BCUT2D eigenvalue weighted by atomic mass is 19.1. The van der Waals surface area contributed by atoms with Crippen LogP contribution < -0.4 is 29.6 Å². The first-order valence-corrected chi connectivity index (χ1v) is 10.5. The molecule has 10 nitrogen and oxygen atoms in total. The van der Waals surface area contributed by atoms with Gasteiger partial charge >= 0.3 is 0 Å². The number of methoxy groups -OCH3 is 4. The lowest BCUT2D eigenvalue weighted by Gasteiger charge is -2.32. The van der Waals surface area contributed by atoms with Crippen molar-refractivity contribution >= 4 is 17.7 Å². The highest BCUT2D eigenvalue weighted by Crippen LogP contribution is 2.48. The summed E-state index contributed by atoms with van der Waals surface area (Å²) in [4.78, 5) is 13.7. The molecule has 35 heavy (non-hydrogen) atoms. The Kier molecular flexibility index (Phi) is 8.18. The number of aliphatic hydroxyl groups excluding tert-OH is 2. The Bertz CT molecular complexity index is 1140. The number of nitrogens with one attached hydrogen (secondary N) is 2. The van der Waals surface area contributed by atoms with Crippen LogP contribution in [0.4, 0.5) is 10.1 Å². The summed E-state index contributed by atoms with van der Waals surface area (Å²) in [5.41, 5.74) is 2.32. The van der Waals surface area contributed by atoms with Gasteiger partial charge in [0.2, 0.25) is 11.7 Å². The minimum atomic E-state index is -1.64. The highest BCUT2D eigenvalue weighted by Gasteiger charge is 2.27. The fraction of sp³-hybridized carbons (Fsp3) is 0.292. The number of carbonyl (C=O) groups is 1. The molecule has 0 aromatic heterocycles. The summed E-state index contributed by atoms with van der Waals surface area (Å²) in [5.74, 6) is 0.135. The maximum atomic E-state index is 13.7. The third-order valence-corrected chi connectivity index (χ3v) is 5.34. The quantitative estimate of drug-likeness (QED) is 0.420. The van der Waals surface area contributed by atoms with Crippen molar-refractivity contribution in [2.75, 3.05) is 40.3 Å². The Morgan fingerprint density at radius 1 is 1.11 bits per heavy atom. The summed E-state index contributed by atoms with van der Waals surface area (Å²) in [5, 5.41) is 24.3. The number of ether oxygens (including phenoxy) is 4. The number of amides is 1. The van der Waals surface area contributed by atoms with Crippen molar-refractivity contribution in [2.24, 2.45) is 0 Å². The van der Waals surface area contributed by atoms with E-state index in [1.54, 1.807) is 30.3 Å². The van der Waals surface area contributed by atoms with E-state index in [2.05, 4.69) is 17.2 Å². The molecule has 0 bridgehead atoms. The van der Waals surface area contributed by atoms with Crippen molar-refractivity contribution in [3.05, 3.63) is 48.4 Å². The van der Waals surface area contributed by atoms with Gasteiger partial charge in [-0.15, -0.1) is 0 Å². The summed E-state index contributed by atoms with van der Waals surface area (Å²) in [7, 11) is 5.97. The number of halogens is 1. The second-order valence-corrected chi connectivity index (χ2v) is 7.41. The minimum absolute atomic E-state index is 0.325. The van der Waals surface area contributed by atoms with Crippen LogP contribution in [0.15, 0.2) is 42.9 Å². The zero-order chi connectivity index (χ0) is 25.7. The molecular weight excluding hydrogens is 461 g/mol. The van der Waals surface area contributed by atoms with Gasteiger partial charge in [0.25, 0.3) is 0 Å². The predicted molar refractivity (Wildman–Crippen MR) is 128 cm³/mol. The van der Waals surface area contributed by atoms with Crippen LogP contribution in [0.25, 0.3) is 17.2 Å². The maximum absolute atomic E-state index is 13.7. The molecule has 2 atom stereocenters. The van der Waals surface area contributed by atoms with Crippen molar-refractivity contribution in [1.82, 2.24) is 10.2 Å². The number of hydrogen-bond donors (Lipinski definition) is 4. The molecule has 0 radical (unpaired) electrons. The van der Waals surface area contributed by atoms with Crippen LogP contribution in [0.1, 0.15) is 5.56 Å². The summed E-state index contributed by atoms with van der Waals surface area (Å²) >= 11 is 0. The number of carbonyl (C=O) groups excluding carboxylic acids is 1. The van der Waals surface area contributed by atoms with Gasteiger partial charge in [-0.25, -0.2) is 9.71 Å². The van der Waals surface area contributed by atoms with Gasteiger partial charge in [-0.1, -0.05) is 18.7 Å². The van der Waals surface area contributed by atoms with E-state index in [0.29, 0.717) is 45.4 Å². The van der Waals surface area contributed by atoms with Crippen LogP contribution in [0, 0.1) is 0 Å². The van der Waals surface area contributed by atoms with Gasteiger partial charge in [0.1, 0.15) is 12.3 Å². The van der Waals surface area contributed by atoms with Crippen LogP contribution in [-0.2, 0) is 4.79 Å². The number of rotatable bonds is 9. The SMILES string of the molecule is C=Cc1cc(OC)c(OC)c(OC)c1-c1ccc(OC)c(NC(=O)CN2C=C(F)C(O)NC2O)c1. The number of anilines is 1. The highest BCUT2D eigenvalue weighted by molar-refractivity contribution is 5.95. The minimum Gasteiger partial charge on any atom is -0.495 e. The first-order valence-electron chi connectivity index (χ1n) is 10.5. The smallest absolute Gasteiger partial charge is 0.244 e. The fourth-order valence-electron chi connectivity index (χ4n) is 3.70. The van der Waals surface area contributed by atoms with Gasteiger partial charge in [-0.05, 0) is 29.3 Å². The summed E-state index contributed by atoms with van der Waals surface area (Å²) in [6, 6.07) is 6.88. The van der Waals surface area contributed by atoms with E-state index < -0.39 is 30.9 Å². The second kappa shape index (κ2) is 11.1. The molecule has 1 aliphatic heterocycles. The molecular formula is C24H28FN3O7. The van der Waals surface area contributed by atoms with Crippen LogP contribution >= 0.6 is 0 Å². The van der Waals surface area contributed by atoms with E-state index in [1.165, 1.54) is 28.4 Å². The molecule has 2 aromatic rings. The first-order chi connectivity index (χ1) is 16.8. The molecule has 0 spiro atoms. The zero-order valence-electron chi connectivity index (χ0n) is 19.8. The lowest BCUT2D eigenvalue weighted by molar-refractivity contribution is -0.121. The molecule has 0 fully saturated rings. The van der Waals surface area contributed by atoms with E-state index in [9.17, 15) is 19.4 Å². The standard InChI is InChI=1S/C24H28FN3O7/c1-6-13-10-18(33-3)21(34-4)22(35-5)20(13)14-7-8-17(32-2)16(9-14)26-19(29)12-28-11-15(25)23(30)27-24(28)31/h6-11,23-24,27,30-31H,1,12H2,2-5H3,(H,26,29). The van der Waals surface area contributed by atoms with Crippen molar-refractivity contribution in [3.63, 3.8) is 0 Å². The van der Waals surface area contributed by atoms with E-state index in [0.717, 1.165) is 11.1 Å². The topological polar surface area (TPSA) is 122 Å². The Hall–Kier alpha value is -3.80. The molecule has 1 amide bonds. The maximum Gasteiger partial charge on any atom is 0.244 e. The van der Waals surface area contributed by atoms with Crippen LogP contribution in [-0.4, -0.2) is 68.6 Å². The molecule has 0 aliphatic carbocycles. The number of nitrogens with zero attached hydrogens (tertiary/aromatic N) is 1. The molecule has 0 saturated carbocycles. The average molecular weight is 490 g/mol. The number of aliphatic hydroxyl groups is 2. The Morgan fingerprint density at radius 2 is 1.80 bits per heavy atom. The molecule has 0 saturated heterocycles. The van der Waals surface area contributed by atoms with Crippen LogP contribution in [0.2, 0.25) is 0 Å². The Balaban J connectivity index is 1.99. The van der Waals surface area contributed by atoms with Crippen molar-refractivity contribution in [1.29, 1.82) is 0 Å². The van der Waals surface area contributed by atoms with Gasteiger partial charge in [0, 0.05) is 11.8 Å². The summed E-state index contributed by atoms with van der Waals surface area (Å²) < 4.78 is 35.6. The van der Waals surface area contributed by atoms with E-state index in [-0.39, 0.29) is 0 Å². The van der Waals surface area contributed by atoms with Crippen molar-refractivity contribution in [3.8, 4) is 34.1 Å². The molecule has 2 aromatic carbocycles. The third-order valence-electron chi connectivity index (χ3n) is 5.34. The van der Waals surface area contributed by atoms with Crippen LogP contribution in [0.5, 0.6) is 23.0 Å². The molecule has 1 heterocycles. The van der Waals surface area contributed by atoms with Gasteiger partial charge in [0.05, 0.1) is 34.1 Å².